The van der Waals surface area contributed by atoms with Crippen LogP contribution in [0.1, 0.15) is 10.9 Å². The third-order valence-corrected chi connectivity index (χ3v) is 4.79. The molecule has 0 saturated heterocycles. The van der Waals surface area contributed by atoms with Gasteiger partial charge in [0.1, 0.15) is 17.0 Å². The summed E-state index contributed by atoms with van der Waals surface area (Å²) in [6, 6.07) is 12.5. The van der Waals surface area contributed by atoms with Gasteiger partial charge in [-0.1, -0.05) is 34.1 Å². The molecule has 0 N–H and O–H groups in total. The zero-order valence-electron chi connectivity index (χ0n) is 10.5. The van der Waals surface area contributed by atoms with Gasteiger partial charge in [-0.05, 0) is 35.2 Å². The summed E-state index contributed by atoms with van der Waals surface area (Å²) in [6.07, 6.45) is 1.78. The third kappa shape index (κ3) is 2.60. The van der Waals surface area contributed by atoms with Crippen LogP contribution in [0.2, 0.25) is 0 Å². The van der Waals surface area contributed by atoms with Gasteiger partial charge >= 0.3 is 0 Å². The molecule has 1 aliphatic heterocycles. The van der Waals surface area contributed by atoms with Gasteiger partial charge in [-0.3, -0.25) is 0 Å². The maximum absolute atomic E-state index is 13.1. The molecular formula is C15H12BrFN2S. The minimum Gasteiger partial charge on any atom is -0.312 e. The summed E-state index contributed by atoms with van der Waals surface area (Å²) in [4.78, 5) is 6.60. The molecule has 1 aromatic heterocycles. The molecule has 5 heteroatoms. The van der Waals surface area contributed by atoms with E-state index < -0.39 is 0 Å². The van der Waals surface area contributed by atoms with Crippen molar-refractivity contribution in [1.82, 2.24) is 4.98 Å². The van der Waals surface area contributed by atoms with E-state index in [0.29, 0.717) is 0 Å². The molecular weight excluding hydrogens is 339 g/mol. The first-order valence-corrected chi connectivity index (χ1v) is 8.22. The number of hydrogen-bond donors (Lipinski definition) is 0. The Hall–Kier alpha value is -1.33. The van der Waals surface area contributed by atoms with Crippen molar-refractivity contribution < 1.29 is 4.39 Å². The SMILES string of the molecule is Fc1ccc(C2SC=C(CBr)N2c2ccccn2)cc1. The Bertz CT molecular complexity index is 616. The van der Waals surface area contributed by atoms with E-state index in [0.717, 1.165) is 22.4 Å². The largest absolute Gasteiger partial charge is 0.312 e. The zero-order chi connectivity index (χ0) is 13.9. The molecule has 1 aliphatic rings. The molecule has 0 spiro atoms. The van der Waals surface area contributed by atoms with Crippen molar-refractivity contribution >= 4 is 33.5 Å². The van der Waals surface area contributed by atoms with Gasteiger partial charge in [-0.2, -0.15) is 0 Å². The lowest BCUT2D eigenvalue weighted by Crippen LogP contribution is -2.23. The van der Waals surface area contributed by atoms with Crippen molar-refractivity contribution in [1.29, 1.82) is 0 Å². The molecule has 0 aliphatic carbocycles. The molecule has 1 aromatic carbocycles. The smallest absolute Gasteiger partial charge is 0.133 e. The second kappa shape index (κ2) is 5.97. The third-order valence-electron chi connectivity index (χ3n) is 3.07. The van der Waals surface area contributed by atoms with Crippen LogP contribution in [0.5, 0.6) is 0 Å². The number of rotatable bonds is 3. The van der Waals surface area contributed by atoms with Crippen LogP contribution >= 0.6 is 27.7 Å². The predicted octanol–water partition coefficient (Wildman–Crippen LogP) is 4.71. The summed E-state index contributed by atoms with van der Waals surface area (Å²) in [5, 5.41) is 2.98. The van der Waals surface area contributed by atoms with Gasteiger partial charge in [0.25, 0.3) is 0 Å². The molecule has 102 valence electrons. The normalized spacial score (nSPS) is 18.2. The summed E-state index contributed by atoms with van der Waals surface area (Å²) in [5.74, 6) is 0.687. The number of thioether (sulfide) groups is 1. The Morgan fingerprint density at radius 2 is 2.00 bits per heavy atom. The monoisotopic (exact) mass is 350 g/mol. The Balaban J connectivity index is 1.97. The Morgan fingerprint density at radius 3 is 2.65 bits per heavy atom. The number of alkyl halides is 1. The van der Waals surface area contributed by atoms with Crippen molar-refractivity contribution in [3.63, 3.8) is 0 Å². The molecule has 0 fully saturated rings. The molecule has 1 atom stereocenters. The van der Waals surface area contributed by atoms with E-state index in [9.17, 15) is 4.39 Å². The number of anilines is 1. The molecule has 20 heavy (non-hydrogen) atoms. The fourth-order valence-corrected chi connectivity index (χ4v) is 3.93. The van der Waals surface area contributed by atoms with Gasteiger partial charge in [0.2, 0.25) is 0 Å². The number of hydrogen-bond acceptors (Lipinski definition) is 3. The Kier molecular flexibility index (Phi) is 4.08. The Morgan fingerprint density at radius 1 is 1.20 bits per heavy atom. The van der Waals surface area contributed by atoms with Crippen LogP contribution in [0, 0.1) is 5.82 Å². The van der Waals surface area contributed by atoms with E-state index in [-0.39, 0.29) is 11.2 Å². The van der Waals surface area contributed by atoms with Crippen molar-refractivity contribution in [3.8, 4) is 0 Å². The van der Waals surface area contributed by atoms with Crippen LogP contribution in [0.25, 0.3) is 0 Å². The van der Waals surface area contributed by atoms with E-state index in [2.05, 4.69) is 31.2 Å². The lowest BCUT2D eigenvalue weighted by Gasteiger charge is -2.27. The van der Waals surface area contributed by atoms with Gasteiger partial charge in [0, 0.05) is 17.2 Å². The van der Waals surface area contributed by atoms with Crippen LogP contribution in [-0.2, 0) is 0 Å². The molecule has 2 heterocycles. The Labute approximate surface area is 129 Å². The van der Waals surface area contributed by atoms with E-state index in [4.69, 9.17) is 0 Å². The fourth-order valence-electron chi connectivity index (χ4n) is 2.13. The first kappa shape index (κ1) is 13.6. The van der Waals surface area contributed by atoms with Crippen LogP contribution in [-0.4, -0.2) is 10.3 Å². The van der Waals surface area contributed by atoms with Crippen LogP contribution in [0.4, 0.5) is 10.2 Å². The molecule has 1 unspecified atom stereocenters. The van der Waals surface area contributed by atoms with E-state index in [1.165, 1.54) is 12.1 Å². The summed E-state index contributed by atoms with van der Waals surface area (Å²) in [5.41, 5.74) is 2.22. The molecule has 0 radical (unpaired) electrons. The maximum atomic E-state index is 13.1. The summed E-state index contributed by atoms with van der Waals surface area (Å²) >= 11 is 5.22. The minimum atomic E-state index is -0.213. The topological polar surface area (TPSA) is 16.1 Å². The molecule has 0 amide bonds. The highest BCUT2D eigenvalue weighted by Crippen LogP contribution is 2.45. The molecule has 3 rings (SSSR count). The lowest BCUT2D eigenvalue weighted by molar-refractivity contribution is 0.627. The van der Waals surface area contributed by atoms with Crippen molar-refractivity contribution in [2.24, 2.45) is 0 Å². The number of nitrogens with zero attached hydrogens (tertiary/aromatic N) is 2. The van der Waals surface area contributed by atoms with E-state index in [1.807, 2.05) is 30.3 Å². The summed E-state index contributed by atoms with van der Waals surface area (Å²) in [6.45, 7) is 0. The average Bonchev–Trinajstić information content (AvgIpc) is 2.93. The molecule has 2 nitrogen and oxygen atoms in total. The summed E-state index contributed by atoms with van der Waals surface area (Å²) < 4.78 is 13.1. The standard InChI is InChI=1S/C15H12BrFN2S/c16-9-13-10-20-15(11-4-6-12(17)7-5-11)19(13)14-3-1-2-8-18-14/h1-8,10,15H,9H2. The number of pyridine rings is 1. The first-order valence-electron chi connectivity index (χ1n) is 6.16. The van der Waals surface area contributed by atoms with Gasteiger partial charge < -0.3 is 4.90 Å². The average molecular weight is 351 g/mol. The fraction of sp³-hybridized carbons (Fsp3) is 0.133. The van der Waals surface area contributed by atoms with Gasteiger partial charge in [0.15, 0.2) is 0 Å². The van der Waals surface area contributed by atoms with Crippen molar-refractivity contribution in [2.75, 3.05) is 10.2 Å². The maximum Gasteiger partial charge on any atom is 0.133 e. The lowest BCUT2D eigenvalue weighted by atomic mass is 10.2. The van der Waals surface area contributed by atoms with Crippen molar-refractivity contribution in [2.45, 2.75) is 5.37 Å². The van der Waals surface area contributed by atoms with E-state index in [1.54, 1.807) is 18.0 Å². The second-order valence-corrected chi connectivity index (χ2v) is 5.86. The van der Waals surface area contributed by atoms with Crippen LogP contribution < -0.4 is 4.90 Å². The quantitative estimate of drug-likeness (QED) is 0.745. The predicted molar refractivity (Wildman–Crippen MR) is 85.3 cm³/mol. The molecule has 2 aromatic rings. The van der Waals surface area contributed by atoms with Gasteiger partial charge in [0.05, 0.1) is 0 Å². The number of aromatic nitrogens is 1. The van der Waals surface area contributed by atoms with Gasteiger partial charge in [-0.15, -0.1) is 11.8 Å². The molecule has 0 saturated carbocycles. The highest BCUT2D eigenvalue weighted by molar-refractivity contribution is 9.09. The van der Waals surface area contributed by atoms with Crippen LogP contribution in [0.15, 0.2) is 59.8 Å². The van der Waals surface area contributed by atoms with Crippen LogP contribution in [0.3, 0.4) is 0 Å². The highest BCUT2D eigenvalue weighted by Gasteiger charge is 2.29. The van der Waals surface area contributed by atoms with Crippen molar-refractivity contribution in [3.05, 3.63) is 71.1 Å². The number of halogens is 2. The second-order valence-electron chi connectivity index (χ2n) is 4.34. The van der Waals surface area contributed by atoms with E-state index >= 15 is 0 Å². The zero-order valence-corrected chi connectivity index (χ0v) is 12.9. The minimum absolute atomic E-state index is 0.0954. The number of allylic oxidation sites excluding steroid dienone is 1. The first-order chi connectivity index (χ1) is 9.79. The number of benzene rings is 1. The summed E-state index contributed by atoms with van der Waals surface area (Å²) in [7, 11) is 0. The highest BCUT2D eigenvalue weighted by atomic mass is 79.9. The molecule has 0 bridgehead atoms. The van der Waals surface area contributed by atoms with Gasteiger partial charge in [-0.25, -0.2) is 9.37 Å².